The number of ether oxygens (including phenoxy) is 3. The Kier molecular flexibility index (Phi) is 6.74. The maximum Gasteiger partial charge on any atom is 0.258 e. The van der Waals surface area contributed by atoms with Crippen LogP contribution in [-0.4, -0.2) is 32.1 Å². The molecule has 0 aliphatic heterocycles. The van der Waals surface area contributed by atoms with E-state index in [1.807, 2.05) is 65.6 Å². The Bertz CT molecular complexity index is 886. The van der Waals surface area contributed by atoms with E-state index >= 15 is 0 Å². The van der Waals surface area contributed by atoms with Crippen LogP contribution in [-0.2, 0) is 13.1 Å². The van der Waals surface area contributed by atoms with Gasteiger partial charge in [0.05, 0.1) is 26.9 Å². The molecule has 0 heterocycles. The molecule has 0 radical (unpaired) electrons. The Labute approximate surface area is 171 Å². The molecular weight excluding hydrogens is 366 g/mol. The monoisotopic (exact) mass is 391 g/mol. The Hall–Kier alpha value is -3.47. The summed E-state index contributed by atoms with van der Waals surface area (Å²) in [7, 11) is 4.84. The molecule has 3 rings (SSSR count). The van der Waals surface area contributed by atoms with Crippen LogP contribution in [0.4, 0.5) is 0 Å². The van der Waals surface area contributed by atoms with E-state index in [1.165, 1.54) is 0 Å². The number of amides is 1. The average molecular weight is 391 g/mol. The van der Waals surface area contributed by atoms with Crippen molar-refractivity contribution in [2.75, 3.05) is 21.3 Å². The van der Waals surface area contributed by atoms with Crippen LogP contribution in [0.15, 0.2) is 72.8 Å². The van der Waals surface area contributed by atoms with Crippen LogP contribution in [0, 0.1) is 0 Å². The maximum absolute atomic E-state index is 13.4. The lowest BCUT2D eigenvalue weighted by Crippen LogP contribution is -2.30. The number of hydrogen-bond acceptors (Lipinski definition) is 4. The second-order valence-corrected chi connectivity index (χ2v) is 6.56. The first-order valence-electron chi connectivity index (χ1n) is 9.32. The first-order chi connectivity index (χ1) is 14.1. The van der Waals surface area contributed by atoms with Crippen molar-refractivity contribution in [3.05, 3.63) is 89.5 Å². The standard InChI is InChI=1S/C24H25NO4/c1-27-20-12-8-18(9-13-20)16-25(17-19-10-14-21(28-2)15-11-19)24(26)22-6-4-5-7-23(22)29-3/h4-15H,16-17H2,1-3H3. The van der Waals surface area contributed by atoms with Crippen LogP contribution < -0.4 is 14.2 Å². The van der Waals surface area contributed by atoms with Crippen molar-refractivity contribution in [1.82, 2.24) is 4.90 Å². The number of methoxy groups -OCH3 is 3. The molecule has 1 amide bonds. The van der Waals surface area contributed by atoms with Gasteiger partial charge in [-0.2, -0.15) is 0 Å². The first-order valence-corrected chi connectivity index (χ1v) is 9.32. The predicted molar refractivity (Wildman–Crippen MR) is 113 cm³/mol. The van der Waals surface area contributed by atoms with Crippen molar-refractivity contribution in [2.45, 2.75) is 13.1 Å². The van der Waals surface area contributed by atoms with Gasteiger partial charge in [-0.15, -0.1) is 0 Å². The van der Waals surface area contributed by atoms with Gasteiger partial charge in [0.2, 0.25) is 0 Å². The largest absolute Gasteiger partial charge is 0.497 e. The van der Waals surface area contributed by atoms with Gasteiger partial charge in [-0.25, -0.2) is 0 Å². The number of rotatable bonds is 8. The molecule has 0 saturated heterocycles. The summed E-state index contributed by atoms with van der Waals surface area (Å²) in [5.74, 6) is 2.04. The van der Waals surface area contributed by atoms with E-state index in [0.29, 0.717) is 24.4 Å². The summed E-state index contributed by atoms with van der Waals surface area (Å²) in [6.45, 7) is 0.930. The summed E-state index contributed by atoms with van der Waals surface area (Å²) in [5.41, 5.74) is 2.57. The highest BCUT2D eigenvalue weighted by Gasteiger charge is 2.20. The summed E-state index contributed by atoms with van der Waals surface area (Å²) < 4.78 is 15.9. The van der Waals surface area contributed by atoms with E-state index in [2.05, 4.69) is 0 Å². The molecular formula is C24H25NO4. The minimum Gasteiger partial charge on any atom is -0.497 e. The molecule has 0 N–H and O–H groups in total. The lowest BCUT2D eigenvalue weighted by Gasteiger charge is -2.24. The average Bonchev–Trinajstić information content (AvgIpc) is 2.79. The molecule has 0 saturated carbocycles. The minimum absolute atomic E-state index is 0.0888. The highest BCUT2D eigenvalue weighted by Crippen LogP contribution is 2.23. The number of hydrogen-bond donors (Lipinski definition) is 0. The smallest absolute Gasteiger partial charge is 0.258 e. The highest BCUT2D eigenvalue weighted by molar-refractivity contribution is 5.96. The molecule has 0 aliphatic carbocycles. The molecule has 150 valence electrons. The summed E-state index contributed by atoms with van der Waals surface area (Å²) in [6, 6.07) is 22.7. The SMILES string of the molecule is COc1ccc(CN(Cc2ccc(OC)cc2)C(=O)c2ccccc2OC)cc1. The zero-order valence-electron chi connectivity index (χ0n) is 16.9. The van der Waals surface area contributed by atoms with Gasteiger partial charge < -0.3 is 19.1 Å². The second kappa shape index (κ2) is 9.64. The molecule has 0 atom stereocenters. The van der Waals surface area contributed by atoms with Crippen molar-refractivity contribution < 1.29 is 19.0 Å². The topological polar surface area (TPSA) is 48.0 Å². The summed E-state index contributed by atoms with van der Waals surface area (Å²) >= 11 is 0. The number of nitrogens with zero attached hydrogens (tertiary/aromatic N) is 1. The van der Waals surface area contributed by atoms with E-state index in [0.717, 1.165) is 22.6 Å². The van der Waals surface area contributed by atoms with Crippen molar-refractivity contribution in [3.63, 3.8) is 0 Å². The third kappa shape index (κ3) is 5.08. The van der Waals surface area contributed by atoms with Crippen molar-refractivity contribution in [2.24, 2.45) is 0 Å². The minimum atomic E-state index is -0.0888. The third-order valence-electron chi connectivity index (χ3n) is 4.69. The first kappa shape index (κ1) is 20.3. The molecule has 3 aromatic rings. The van der Waals surface area contributed by atoms with E-state index in [4.69, 9.17) is 14.2 Å². The third-order valence-corrected chi connectivity index (χ3v) is 4.69. The highest BCUT2D eigenvalue weighted by atomic mass is 16.5. The van der Waals surface area contributed by atoms with Gasteiger partial charge in [0, 0.05) is 13.1 Å². The van der Waals surface area contributed by atoms with Crippen LogP contribution >= 0.6 is 0 Å². The molecule has 0 aromatic heterocycles. The van der Waals surface area contributed by atoms with Gasteiger partial charge >= 0.3 is 0 Å². The Morgan fingerprint density at radius 1 is 0.690 bits per heavy atom. The van der Waals surface area contributed by atoms with E-state index < -0.39 is 0 Å². The molecule has 0 fully saturated rings. The van der Waals surface area contributed by atoms with E-state index in [1.54, 1.807) is 33.5 Å². The van der Waals surface area contributed by atoms with Crippen LogP contribution in [0.2, 0.25) is 0 Å². The quantitative estimate of drug-likeness (QED) is 0.565. The predicted octanol–water partition coefficient (Wildman–Crippen LogP) is 4.56. The zero-order valence-corrected chi connectivity index (χ0v) is 16.9. The maximum atomic E-state index is 13.4. The summed E-state index contributed by atoms with van der Waals surface area (Å²) in [4.78, 5) is 15.2. The van der Waals surface area contributed by atoms with Gasteiger partial charge in [-0.05, 0) is 47.5 Å². The molecule has 0 aliphatic rings. The second-order valence-electron chi connectivity index (χ2n) is 6.56. The number of para-hydroxylation sites is 1. The van der Waals surface area contributed by atoms with Crippen LogP contribution in [0.5, 0.6) is 17.2 Å². The van der Waals surface area contributed by atoms with Gasteiger partial charge in [0.25, 0.3) is 5.91 Å². The van der Waals surface area contributed by atoms with Gasteiger partial charge in [0.1, 0.15) is 17.2 Å². The fourth-order valence-electron chi connectivity index (χ4n) is 3.09. The summed E-state index contributed by atoms with van der Waals surface area (Å²) in [5, 5.41) is 0. The Morgan fingerprint density at radius 2 is 1.17 bits per heavy atom. The Morgan fingerprint density at radius 3 is 1.62 bits per heavy atom. The molecule has 3 aromatic carbocycles. The Balaban J connectivity index is 1.89. The number of carbonyl (C=O) groups is 1. The van der Waals surface area contributed by atoms with Crippen molar-refractivity contribution in [1.29, 1.82) is 0 Å². The van der Waals surface area contributed by atoms with E-state index in [-0.39, 0.29) is 5.91 Å². The lowest BCUT2D eigenvalue weighted by molar-refractivity contribution is 0.0726. The molecule has 5 nitrogen and oxygen atoms in total. The number of benzene rings is 3. The molecule has 0 spiro atoms. The molecule has 5 heteroatoms. The van der Waals surface area contributed by atoms with Crippen LogP contribution in [0.1, 0.15) is 21.5 Å². The van der Waals surface area contributed by atoms with Gasteiger partial charge in [0.15, 0.2) is 0 Å². The zero-order chi connectivity index (χ0) is 20.6. The lowest BCUT2D eigenvalue weighted by atomic mass is 10.1. The fraction of sp³-hybridized carbons (Fsp3) is 0.208. The molecule has 29 heavy (non-hydrogen) atoms. The van der Waals surface area contributed by atoms with Crippen molar-refractivity contribution in [3.8, 4) is 17.2 Å². The van der Waals surface area contributed by atoms with Crippen LogP contribution in [0.3, 0.4) is 0 Å². The summed E-state index contributed by atoms with van der Waals surface area (Å²) in [6.07, 6.45) is 0. The normalized spacial score (nSPS) is 10.3. The van der Waals surface area contributed by atoms with Gasteiger partial charge in [-0.3, -0.25) is 4.79 Å². The van der Waals surface area contributed by atoms with E-state index in [9.17, 15) is 4.79 Å². The van der Waals surface area contributed by atoms with Gasteiger partial charge in [-0.1, -0.05) is 36.4 Å². The molecule has 0 bridgehead atoms. The van der Waals surface area contributed by atoms with Crippen LogP contribution in [0.25, 0.3) is 0 Å². The van der Waals surface area contributed by atoms with Crippen molar-refractivity contribution >= 4 is 5.91 Å². The molecule has 0 unspecified atom stereocenters. The fourth-order valence-corrected chi connectivity index (χ4v) is 3.09. The number of carbonyl (C=O) groups excluding carboxylic acids is 1.